The van der Waals surface area contributed by atoms with Gasteiger partial charge in [-0.15, -0.1) is 0 Å². The van der Waals surface area contributed by atoms with E-state index in [-0.39, 0.29) is 18.1 Å². The highest BCUT2D eigenvalue weighted by Gasteiger charge is 2.21. The maximum absolute atomic E-state index is 12.5. The quantitative estimate of drug-likeness (QED) is 0.465. The Balaban J connectivity index is 1.64. The Bertz CT molecular complexity index is 1150. The van der Waals surface area contributed by atoms with Crippen LogP contribution in [0.3, 0.4) is 0 Å². The number of primary sulfonamides is 1. The maximum Gasteiger partial charge on any atom is 0.225 e. The third kappa shape index (κ3) is 7.25. The molecule has 3 rings (SSSR count). The van der Waals surface area contributed by atoms with E-state index in [1.54, 1.807) is 66.7 Å². The van der Waals surface area contributed by atoms with Gasteiger partial charge in [0.2, 0.25) is 15.9 Å². The lowest BCUT2D eigenvalue weighted by atomic mass is 9.97. The molecule has 0 aromatic heterocycles. The summed E-state index contributed by atoms with van der Waals surface area (Å²) in [5.74, 6) is -0.113. The van der Waals surface area contributed by atoms with Crippen LogP contribution < -0.4 is 15.2 Å². The Labute approximate surface area is 191 Å². The molecule has 0 spiro atoms. The lowest BCUT2D eigenvalue weighted by molar-refractivity contribution is -0.116. The van der Waals surface area contributed by atoms with Gasteiger partial charge >= 0.3 is 0 Å². The zero-order valence-corrected chi connectivity index (χ0v) is 18.6. The number of nitrogens with one attached hydrogen (secondary N) is 1. The Hall–Kier alpha value is -2.58. The van der Waals surface area contributed by atoms with E-state index in [9.17, 15) is 13.2 Å². The van der Waals surface area contributed by atoms with Gasteiger partial charge in [-0.2, -0.15) is 0 Å². The zero-order valence-electron chi connectivity index (χ0n) is 16.3. The molecular weight excluding hydrogens is 459 g/mol. The fraction of sp³-hybridized carbons (Fsp3) is 0.136. The first-order chi connectivity index (χ1) is 14.7. The molecule has 0 radical (unpaired) electrons. The van der Waals surface area contributed by atoms with E-state index in [0.717, 1.165) is 5.56 Å². The molecule has 1 unspecified atom stereocenters. The topological polar surface area (TPSA) is 98.5 Å². The lowest BCUT2D eigenvalue weighted by Crippen LogP contribution is -2.25. The van der Waals surface area contributed by atoms with Crippen LogP contribution in [-0.4, -0.2) is 20.1 Å². The van der Waals surface area contributed by atoms with Gasteiger partial charge in [-0.25, -0.2) is 13.6 Å². The molecule has 31 heavy (non-hydrogen) atoms. The van der Waals surface area contributed by atoms with Gasteiger partial charge in [0.15, 0.2) is 0 Å². The number of carbonyl (C=O) groups excluding carboxylic acids is 1. The largest absolute Gasteiger partial charge is 0.457 e. The molecule has 0 saturated heterocycles. The molecule has 3 aromatic carbocycles. The van der Waals surface area contributed by atoms with Gasteiger partial charge in [0, 0.05) is 24.1 Å². The molecule has 0 heterocycles. The molecule has 0 aliphatic rings. The molecule has 0 aliphatic carbocycles. The minimum absolute atomic E-state index is 0.0258. The van der Waals surface area contributed by atoms with Crippen LogP contribution >= 0.6 is 23.2 Å². The van der Waals surface area contributed by atoms with Crippen molar-refractivity contribution in [3.8, 4) is 11.5 Å². The molecule has 0 aliphatic heterocycles. The highest BCUT2D eigenvalue weighted by atomic mass is 35.5. The number of nitrogens with two attached hydrogens (primary N) is 1. The van der Waals surface area contributed by atoms with Crippen LogP contribution in [0.4, 0.5) is 5.69 Å². The third-order valence-corrected chi connectivity index (χ3v) is 6.01. The predicted molar refractivity (Wildman–Crippen MR) is 123 cm³/mol. The number of amides is 1. The summed E-state index contributed by atoms with van der Waals surface area (Å²) in [4.78, 5) is 12.5. The Morgan fingerprint density at radius 3 is 2.19 bits per heavy atom. The van der Waals surface area contributed by atoms with Gasteiger partial charge < -0.3 is 10.1 Å². The smallest absolute Gasteiger partial charge is 0.225 e. The van der Waals surface area contributed by atoms with Crippen molar-refractivity contribution >= 4 is 44.8 Å². The number of rotatable bonds is 8. The van der Waals surface area contributed by atoms with Gasteiger partial charge in [-0.05, 0) is 42.0 Å². The van der Waals surface area contributed by atoms with Crippen molar-refractivity contribution in [2.45, 2.75) is 12.3 Å². The first-order valence-corrected chi connectivity index (χ1v) is 11.7. The normalized spacial score (nSPS) is 12.2. The van der Waals surface area contributed by atoms with Gasteiger partial charge in [0.25, 0.3) is 0 Å². The number of benzene rings is 3. The average Bonchev–Trinajstić information content (AvgIpc) is 2.71. The second-order valence-corrected chi connectivity index (χ2v) is 9.37. The number of ether oxygens (including phenoxy) is 1. The van der Waals surface area contributed by atoms with Crippen LogP contribution in [0.25, 0.3) is 0 Å². The molecule has 0 bridgehead atoms. The van der Waals surface area contributed by atoms with E-state index in [1.165, 1.54) is 0 Å². The summed E-state index contributed by atoms with van der Waals surface area (Å²) < 4.78 is 28.9. The lowest BCUT2D eigenvalue weighted by Gasteiger charge is -2.16. The summed E-state index contributed by atoms with van der Waals surface area (Å²) in [5.41, 5.74) is 1.28. The van der Waals surface area contributed by atoms with Crippen LogP contribution in [-0.2, 0) is 14.8 Å². The number of hydrogen-bond donors (Lipinski definition) is 2. The molecular formula is C22H20Cl2N2O4S. The van der Waals surface area contributed by atoms with Crippen LogP contribution in [0.2, 0.25) is 10.0 Å². The zero-order chi connectivity index (χ0) is 22.4. The summed E-state index contributed by atoms with van der Waals surface area (Å²) >= 11 is 11.9. The minimum Gasteiger partial charge on any atom is -0.457 e. The fourth-order valence-electron chi connectivity index (χ4n) is 3.00. The van der Waals surface area contributed by atoms with E-state index in [4.69, 9.17) is 33.1 Å². The molecule has 162 valence electrons. The Morgan fingerprint density at radius 2 is 1.58 bits per heavy atom. The van der Waals surface area contributed by atoms with Crippen LogP contribution in [0, 0.1) is 0 Å². The Morgan fingerprint density at radius 1 is 0.935 bits per heavy atom. The standard InChI is InChI=1S/C22H20Cl2N2O4S/c23-20-11-10-19(13-21(20)24)30-18-8-6-17(7-9-18)26-22(27)12-16(14-31(25,28)29)15-4-2-1-3-5-15/h1-11,13,16H,12,14H2,(H,26,27)(H2,25,28,29). The number of hydrogen-bond acceptors (Lipinski definition) is 4. The summed E-state index contributed by atoms with van der Waals surface area (Å²) in [5, 5.41) is 8.80. The highest BCUT2D eigenvalue weighted by molar-refractivity contribution is 7.89. The molecule has 6 nitrogen and oxygen atoms in total. The summed E-state index contributed by atoms with van der Waals surface area (Å²) in [7, 11) is -3.75. The number of sulfonamides is 1. The molecule has 1 amide bonds. The van der Waals surface area contributed by atoms with Crippen molar-refractivity contribution in [1.29, 1.82) is 0 Å². The fourth-order valence-corrected chi connectivity index (χ4v) is 4.16. The van der Waals surface area contributed by atoms with E-state index < -0.39 is 15.9 Å². The second kappa shape index (κ2) is 10.2. The first-order valence-electron chi connectivity index (χ1n) is 9.28. The van der Waals surface area contributed by atoms with E-state index in [0.29, 0.717) is 27.2 Å². The third-order valence-electron chi connectivity index (χ3n) is 4.40. The maximum atomic E-state index is 12.5. The van der Waals surface area contributed by atoms with Gasteiger partial charge in [-0.1, -0.05) is 53.5 Å². The number of carbonyl (C=O) groups is 1. The predicted octanol–water partition coefficient (Wildman–Crippen LogP) is 5.19. The number of anilines is 1. The van der Waals surface area contributed by atoms with Crippen molar-refractivity contribution in [3.63, 3.8) is 0 Å². The van der Waals surface area contributed by atoms with Crippen molar-refractivity contribution in [2.24, 2.45) is 5.14 Å². The second-order valence-electron chi connectivity index (χ2n) is 6.89. The van der Waals surface area contributed by atoms with Crippen LogP contribution in [0.1, 0.15) is 17.9 Å². The van der Waals surface area contributed by atoms with Gasteiger partial charge in [0.05, 0.1) is 15.8 Å². The first kappa shape index (κ1) is 23.1. The van der Waals surface area contributed by atoms with Gasteiger partial charge in [-0.3, -0.25) is 4.79 Å². The summed E-state index contributed by atoms with van der Waals surface area (Å²) in [6.07, 6.45) is -0.0258. The van der Waals surface area contributed by atoms with Crippen molar-refractivity contribution < 1.29 is 17.9 Å². The van der Waals surface area contributed by atoms with Crippen LogP contribution in [0.15, 0.2) is 72.8 Å². The molecule has 0 saturated carbocycles. The molecule has 9 heteroatoms. The van der Waals surface area contributed by atoms with Crippen molar-refractivity contribution in [3.05, 3.63) is 88.4 Å². The number of halogens is 2. The van der Waals surface area contributed by atoms with Crippen molar-refractivity contribution in [1.82, 2.24) is 0 Å². The van der Waals surface area contributed by atoms with E-state index >= 15 is 0 Å². The molecule has 1 atom stereocenters. The molecule has 3 aromatic rings. The minimum atomic E-state index is -3.75. The SMILES string of the molecule is NS(=O)(=O)CC(CC(=O)Nc1ccc(Oc2ccc(Cl)c(Cl)c2)cc1)c1ccccc1. The molecule has 0 fully saturated rings. The van der Waals surface area contributed by atoms with E-state index in [1.807, 2.05) is 6.07 Å². The van der Waals surface area contributed by atoms with Crippen molar-refractivity contribution in [2.75, 3.05) is 11.1 Å². The monoisotopic (exact) mass is 478 g/mol. The van der Waals surface area contributed by atoms with E-state index in [2.05, 4.69) is 5.32 Å². The van der Waals surface area contributed by atoms with Crippen LogP contribution in [0.5, 0.6) is 11.5 Å². The Kier molecular flexibility index (Phi) is 7.56. The molecule has 3 N–H and O–H groups in total. The summed E-state index contributed by atoms with van der Waals surface area (Å²) in [6.45, 7) is 0. The highest BCUT2D eigenvalue weighted by Crippen LogP contribution is 2.30. The van der Waals surface area contributed by atoms with Gasteiger partial charge in [0.1, 0.15) is 11.5 Å². The average molecular weight is 479 g/mol. The summed E-state index contributed by atoms with van der Waals surface area (Å²) in [6, 6.07) is 20.6.